The molecule has 0 atom stereocenters. The monoisotopic (exact) mass is 306 g/mol. The summed E-state index contributed by atoms with van der Waals surface area (Å²) >= 11 is 5.91. The van der Waals surface area contributed by atoms with Crippen molar-refractivity contribution in [2.45, 2.75) is 0 Å². The summed E-state index contributed by atoms with van der Waals surface area (Å²) in [5.74, 6) is 0.551. The lowest BCUT2D eigenvalue weighted by Crippen LogP contribution is -2.07. The van der Waals surface area contributed by atoms with Crippen LogP contribution < -0.4 is 5.55 Å². The van der Waals surface area contributed by atoms with Crippen LogP contribution in [-0.2, 0) is 0 Å². The second-order valence-electron chi connectivity index (χ2n) is 4.71. The van der Waals surface area contributed by atoms with Gasteiger partial charge in [-0.25, -0.2) is 0 Å². The fourth-order valence-corrected chi connectivity index (χ4v) is 2.35. The molecule has 0 amide bonds. The molecule has 4 heteroatoms. The molecule has 2 aromatic carbocycles. The van der Waals surface area contributed by atoms with Gasteiger partial charge in [0.25, 0.3) is 0 Å². The maximum absolute atomic E-state index is 9.32. The van der Waals surface area contributed by atoms with E-state index >= 15 is 0 Å². The second kappa shape index (κ2) is 5.88. The standard InChI is InChI=1S/C18H11ClN2O/c19-14-8-6-12(7-9-14)15-10-17(13-4-2-1-3-5-13)22-18(21)16(15)11-20/h1-10,21H. The number of nitrogens with zero attached hydrogens (tertiary/aromatic N) is 1. The number of rotatable bonds is 2. The average molecular weight is 307 g/mol. The molecule has 1 N–H and O–H groups in total. The highest BCUT2D eigenvalue weighted by atomic mass is 35.5. The summed E-state index contributed by atoms with van der Waals surface area (Å²) in [7, 11) is 0. The van der Waals surface area contributed by atoms with Crippen molar-refractivity contribution in [2.24, 2.45) is 0 Å². The summed E-state index contributed by atoms with van der Waals surface area (Å²) in [5.41, 5.74) is 2.41. The first-order valence-corrected chi connectivity index (χ1v) is 7.01. The van der Waals surface area contributed by atoms with Gasteiger partial charge >= 0.3 is 0 Å². The van der Waals surface area contributed by atoms with Gasteiger partial charge in [0.15, 0.2) is 0 Å². The van der Waals surface area contributed by atoms with Crippen LogP contribution in [0, 0.1) is 16.7 Å². The van der Waals surface area contributed by atoms with E-state index in [9.17, 15) is 5.26 Å². The SMILES string of the molecule is N#Cc1c(-c2ccc(Cl)cc2)cc(-c2ccccc2)oc1=N. The molecule has 1 heterocycles. The first-order valence-electron chi connectivity index (χ1n) is 6.63. The van der Waals surface area contributed by atoms with Gasteiger partial charge in [-0.3, -0.25) is 5.41 Å². The maximum Gasteiger partial charge on any atom is 0.230 e. The van der Waals surface area contributed by atoms with Crippen LogP contribution in [0.2, 0.25) is 5.02 Å². The van der Waals surface area contributed by atoms with Crippen molar-refractivity contribution in [3.8, 4) is 28.5 Å². The topological polar surface area (TPSA) is 60.8 Å². The Morgan fingerprint density at radius 2 is 1.64 bits per heavy atom. The third-order valence-corrected chi connectivity index (χ3v) is 3.56. The van der Waals surface area contributed by atoms with E-state index in [-0.39, 0.29) is 11.1 Å². The van der Waals surface area contributed by atoms with Crippen molar-refractivity contribution < 1.29 is 4.42 Å². The van der Waals surface area contributed by atoms with Gasteiger partial charge in [0.05, 0.1) is 0 Å². The fourth-order valence-electron chi connectivity index (χ4n) is 2.23. The van der Waals surface area contributed by atoms with Gasteiger partial charge in [-0.1, -0.05) is 54.1 Å². The summed E-state index contributed by atoms with van der Waals surface area (Å²) in [4.78, 5) is 0. The Hall–Kier alpha value is -2.83. The Bertz CT molecular complexity index is 907. The molecular formula is C18H11ClN2O. The van der Waals surface area contributed by atoms with Gasteiger partial charge in [-0.05, 0) is 23.8 Å². The number of nitriles is 1. The van der Waals surface area contributed by atoms with Crippen molar-refractivity contribution >= 4 is 11.6 Å². The molecule has 0 aliphatic heterocycles. The normalized spacial score (nSPS) is 10.2. The summed E-state index contributed by atoms with van der Waals surface area (Å²) < 4.78 is 5.49. The summed E-state index contributed by atoms with van der Waals surface area (Å²) in [6.07, 6.45) is 0. The number of halogens is 1. The lowest BCUT2D eigenvalue weighted by Gasteiger charge is -2.08. The van der Waals surface area contributed by atoms with E-state index in [2.05, 4.69) is 0 Å². The van der Waals surface area contributed by atoms with E-state index in [1.807, 2.05) is 48.5 Å². The largest absolute Gasteiger partial charge is 0.438 e. The number of hydrogen-bond donors (Lipinski definition) is 1. The number of benzene rings is 2. The van der Waals surface area contributed by atoms with Crippen molar-refractivity contribution in [1.29, 1.82) is 10.7 Å². The molecule has 0 unspecified atom stereocenters. The zero-order chi connectivity index (χ0) is 15.5. The van der Waals surface area contributed by atoms with Crippen molar-refractivity contribution in [2.75, 3.05) is 0 Å². The zero-order valence-corrected chi connectivity index (χ0v) is 12.3. The van der Waals surface area contributed by atoms with E-state index in [0.29, 0.717) is 16.3 Å². The maximum atomic E-state index is 9.32. The molecule has 106 valence electrons. The van der Waals surface area contributed by atoms with Crippen molar-refractivity contribution in [3.05, 3.63) is 76.8 Å². The molecule has 3 nitrogen and oxygen atoms in total. The third kappa shape index (κ3) is 2.65. The molecular weight excluding hydrogens is 296 g/mol. The number of hydrogen-bond acceptors (Lipinski definition) is 3. The van der Waals surface area contributed by atoms with Gasteiger partial charge in [-0.2, -0.15) is 5.26 Å². The minimum atomic E-state index is -0.145. The Morgan fingerprint density at radius 3 is 2.27 bits per heavy atom. The third-order valence-electron chi connectivity index (χ3n) is 3.31. The van der Waals surface area contributed by atoms with E-state index in [1.54, 1.807) is 18.2 Å². The van der Waals surface area contributed by atoms with Crippen LogP contribution in [0.25, 0.3) is 22.5 Å². The zero-order valence-electron chi connectivity index (χ0n) is 11.5. The Morgan fingerprint density at radius 1 is 0.955 bits per heavy atom. The molecule has 3 rings (SSSR count). The highest BCUT2D eigenvalue weighted by Gasteiger charge is 2.12. The van der Waals surface area contributed by atoms with Crippen LogP contribution >= 0.6 is 11.6 Å². The molecule has 0 radical (unpaired) electrons. The molecule has 0 spiro atoms. The Labute approximate surface area is 132 Å². The fraction of sp³-hybridized carbons (Fsp3) is 0. The first-order chi connectivity index (χ1) is 10.7. The van der Waals surface area contributed by atoms with Gasteiger partial charge in [-0.15, -0.1) is 0 Å². The van der Waals surface area contributed by atoms with Crippen molar-refractivity contribution in [3.63, 3.8) is 0 Å². The molecule has 0 fully saturated rings. The van der Waals surface area contributed by atoms with Gasteiger partial charge in [0.2, 0.25) is 5.55 Å². The van der Waals surface area contributed by atoms with E-state index in [4.69, 9.17) is 21.4 Å². The molecule has 22 heavy (non-hydrogen) atoms. The van der Waals surface area contributed by atoms with E-state index < -0.39 is 0 Å². The lowest BCUT2D eigenvalue weighted by molar-refractivity contribution is 0.499. The van der Waals surface area contributed by atoms with Crippen LogP contribution in [0.4, 0.5) is 0 Å². The minimum Gasteiger partial charge on any atom is -0.438 e. The summed E-state index contributed by atoms with van der Waals surface area (Å²) in [6, 6.07) is 20.5. The molecule has 0 aliphatic carbocycles. The van der Waals surface area contributed by atoms with Crippen molar-refractivity contribution in [1.82, 2.24) is 0 Å². The van der Waals surface area contributed by atoms with Crippen LogP contribution in [-0.4, -0.2) is 0 Å². The molecule has 0 bridgehead atoms. The summed E-state index contributed by atoms with van der Waals surface area (Å²) in [6.45, 7) is 0. The highest BCUT2D eigenvalue weighted by molar-refractivity contribution is 6.30. The van der Waals surface area contributed by atoms with E-state index in [1.165, 1.54) is 0 Å². The quantitative estimate of drug-likeness (QED) is 0.751. The van der Waals surface area contributed by atoms with Crippen LogP contribution in [0.3, 0.4) is 0 Å². The number of nitrogens with one attached hydrogen (secondary N) is 1. The highest BCUT2D eigenvalue weighted by Crippen LogP contribution is 2.28. The van der Waals surface area contributed by atoms with Crippen LogP contribution in [0.1, 0.15) is 5.56 Å². The second-order valence-corrected chi connectivity index (χ2v) is 5.15. The molecule has 0 saturated carbocycles. The predicted octanol–water partition coefficient (Wildman–Crippen LogP) is 4.62. The first kappa shape index (κ1) is 14.1. The Kier molecular flexibility index (Phi) is 3.78. The minimum absolute atomic E-state index is 0.145. The van der Waals surface area contributed by atoms with E-state index in [0.717, 1.165) is 11.1 Å². The lowest BCUT2D eigenvalue weighted by atomic mass is 10.0. The smallest absolute Gasteiger partial charge is 0.230 e. The average Bonchev–Trinajstić information content (AvgIpc) is 2.55. The summed E-state index contributed by atoms with van der Waals surface area (Å²) in [5, 5.41) is 17.9. The van der Waals surface area contributed by atoms with Crippen LogP contribution in [0.15, 0.2) is 65.1 Å². The molecule has 1 aromatic heterocycles. The van der Waals surface area contributed by atoms with Crippen LogP contribution in [0.5, 0.6) is 0 Å². The van der Waals surface area contributed by atoms with Gasteiger partial charge in [0.1, 0.15) is 17.4 Å². The van der Waals surface area contributed by atoms with Gasteiger partial charge < -0.3 is 4.42 Å². The molecule has 0 aliphatic rings. The Balaban J connectivity index is 2.24. The van der Waals surface area contributed by atoms with Gasteiger partial charge in [0, 0.05) is 16.1 Å². The predicted molar refractivity (Wildman–Crippen MR) is 85.2 cm³/mol. The molecule has 3 aromatic rings. The molecule has 0 saturated heterocycles.